The van der Waals surface area contributed by atoms with Gasteiger partial charge in [-0.05, 0) is 25.8 Å². The lowest BCUT2D eigenvalue weighted by Gasteiger charge is -2.17. The van der Waals surface area contributed by atoms with Crippen molar-refractivity contribution >= 4 is 0 Å². The monoisotopic (exact) mass is 187 g/mol. The highest BCUT2D eigenvalue weighted by Gasteiger charge is 2.05. The van der Waals surface area contributed by atoms with Crippen molar-refractivity contribution < 1.29 is 4.74 Å². The lowest BCUT2D eigenvalue weighted by Crippen LogP contribution is -2.34. The molecule has 0 aromatic carbocycles. The van der Waals surface area contributed by atoms with Crippen LogP contribution in [0.3, 0.4) is 0 Å². The van der Waals surface area contributed by atoms with Crippen LogP contribution in [0.5, 0.6) is 0 Å². The zero-order chi connectivity index (χ0) is 9.94. The van der Waals surface area contributed by atoms with Crippen LogP contribution in [0.25, 0.3) is 0 Å². The molecule has 0 aromatic heterocycles. The number of rotatable bonds is 9. The number of ether oxygens (including phenoxy) is 1. The topological polar surface area (TPSA) is 21.3 Å². The van der Waals surface area contributed by atoms with Crippen molar-refractivity contribution in [2.75, 3.05) is 19.8 Å². The van der Waals surface area contributed by atoms with E-state index in [2.05, 4.69) is 26.1 Å². The molecule has 0 spiro atoms. The number of hydrogen-bond acceptors (Lipinski definition) is 2. The summed E-state index contributed by atoms with van der Waals surface area (Å²) >= 11 is 0. The van der Waals surface area contributed by atoms with Gasteiger partial charge in [-0.25, -0.2) is 0 Å². The zero-order valence-electron chi connectivity index (χ0n) is 9.44. The van der Waals surface area contributed by atoms with Crippen LogP contribution in [0.15, 0.2) is 0 Å². The van der Waals surface area contributed by atoms with E-state index in [9.17, 15) is 0 Å². The highest BCUT2D eigenvalue weighted by Crippen LogP contribution is 1.98. The minimum absolute atomic E-state index is 0.566. The molecule has 0 amide bonds. The van der Waals surface area contributed by atoms with Crippen LogP contribution in [0.1, 0.15) is 46.5 Å². The Bertz CT molecular complexity index is 96.1. The summed E-state index contributed by atoms with van der Waals surface area (Å²) in [6, 6.07) is 0.566. The summed E-state index contributed by atoms with van der Waals surface area (Å²) in [5.74, 6) is 0. The molecule has 2 heteroatoms. The Morgan fingerprint density at radius 1 is 1.08 bits per heavy atom. The van der Waals surface area contributed by atoms with Gasteiger partial charge in [-0.2, -0.15) is 0 Å². The van der Waals surface area contributed by atoms with Crippen LogP contribution < -0.4 is 5.32 Å². The summed E-state index contributed by atoms with van der Waals surface area (Å²) in [4.78, 5) is 0. The van der Waals surface area contributed by atoms with E-state index in [1.165, 1.54) is 19.3 Å². The van der Waals surface area contributed by atoms with E-state index >= 15 is 0 Å². The van der Waals surface area contributed by atoms with Gasteiger partial charge >= 0.3 is 0 Å². The van der Waals surface area contributed by atoms with Gasteiger partial charge in [-0.1, -0.05) is 27.2 Å². The molecule has 13 heavy (non-hydrogen) atoms. The van der Waals surface area contributed by atoms with Crippen molar-refractivity contribution in [2.45, 2.75) is 52.5 Å². The highest BCUT2D eigenvalue weighted by molar-refractivity contribution is 4.64. The Labute approximate surface area is 83.1 Å². The maximum Gasteiger partial charge on any atom is 0.0619 e. The van der Waals surface area contributed by atoms with E-state index < -0.39 is 0 Å². The molecule has 0 aliphatic rings. The average Bonchev–Trinajstić information content (AvgIpc) is 2.14. The molecule has 80 valence electrons. The van der Waals surface area contributed by atoms with E-state index in [4.69, 9.17) is 4.74 Å². The molecule has 2 nitrogen and oxygen atoms in total. The van der Waals surface area contributed by atoms with Crippen LogP contribution in [0.4, 0.5) is 0 Å². The Morgan fingerprint density at radius 3 is 2.38 bits per heavy atom. The molecule has 0 saturated heterocycles. The van der Waals surface area contributed by atoms with Gasteiger partial charge < -0.3 is 10.1 Å². The summed E-state index contributed by atoms with van der Waals surface area (Å²) in [6.07, 6.45) is 4.78. The summed E-state index contributed by atoms with van der Waals surface area (Å²) in [5.41, 5.74) is 0. The second-order valence-corrected chi connectivity index (χ2v) is 3.51. The SMILES string of the molecule is CCCNC(CCC)COCCC. The molecule has 0 aromatic rings. The quantitative estimate of drug-likeness (QED) is 0.560. The minimum atomic E-state index is 0.566. The van der Waals surface area contributed by atoms with Crippen molar-refractivity contribution in [1.82, 2.24) is 5.32 Å². The van der Waals surface area contributed by atoms with Crippen molar-refractivity contribution in [2.24, 2.45) is 0 Å². The van der Waals surface area contributed by atoms with Gasteiger partial charge in [0.05, 0.1) is 6.61 Å². The van der Waals surface area contributed by atoms with Gasteiger partial charge in [0.2, 0.25) is 0 Å². The van der Waals surface area contributed by atoms with Gasteiger partial charge in [0, 0.05) is 12.6 Å². The molecule has 1 atom stereocenters. The summed E-state index contributed by atoms with van der Waals surface area (Å²) in [5, 5.41) is 3.50. The standard InChI is InChI=1S/C11H25NO/c1-4-7-11(12-8-5-2)10-13-9-6-3/h11-12H,4-10H2,1-3H3. The summed E-state index contributed by atoms with van der Waals surface area (Å²) in [6.45, 7) is 9.45. The van der Waals surface area contributed by atoms with Crippen molar-refractivity contribution in [1.29, 1.82) is 0 Å². The maximum atomic E-state index is 5.53. The smallest absolute Gasteiger partial charge is 0.0619 e. The molecular weight excluding hydrogens is 162 g/mol. The second kappa shape index (κ2) is 10.0. The van der Waals surface area contributed by atoms with Gasteiger partial charge in [0.15, 0.2) is 0 Å². The molecule has 1 unspecified atom stereocenters. The van der Waals surface area contributed by atoms with Crippen LogP contribution in [-0.2, 0) is 4.74 Å². The third-order valence-electron chi connectivity index (χ3n) is 1.99. The van der Waals surface area contributed by atoms with Crippen LogP contribution in [0, 0.1) is 0 Å². The van der Waals surface area contributed by atoms with E-state index in [0.717, 1.165) is 26.2 Å². The number of nitrogens with one attached hydrogen (secondary N) is 1. The van der Waals surface area contributed by atoms with E-state index in [1.807, 2.05) is 0 Å². The molecule has 0 saturated carbocycles. The predicted molar refractivity (Wildman–Crippen MR) is 58.1 cm³/mol. The molecule has 0 aliphatic heterocycles. The van der Waals surface area contributed by atoms with Crippen molar-refractivity contribution in [3.05, 3.63) is 0 Å². The van der Waals surface area contributed by atoms with E-state index in [-0.39, 0.29) is 0 Å². The van der Waals surface area contributed by atoms with Crippen LogP contribution in [-0.4, -0.2) is 25.8 Å². The Kier molecular flexibility index (Phi) is 9.94. The fourth-order valence-electron chi connectivity index (χ4n) is 1.31. The van der Waals surface area contributed by atoms with Gasteiger partial charge in [0.1, 0.15) is 0 Å². The van der Waals surface area contributed by atoms with Gasteiger partial charge in [-0.15, -0.1) is 0 Å². The lowest BCUT2D eigenvalue weighted by atomic mass is 10.2. The first-order chi connectivity index (χ1) is 6.35. The van der Waals surface area contributed by atoms with Crippen LogP contribution >= 0.6 is 0 Å². The average molecular weight is 187 g/mol. The zero-order valence-corrected chi connectivity index (χ0v) is 9.44. The van der Waals surface area contributed by atoms with E-state index in [0.29, 0.717) is 6.04 Å². The Morgan fingerprint density at radius 2 is 1.85 bits per heavy atom. The fraction of sp³-hybridized carbons (Fsp3) is 1.00. The van der Waals surface area contributed by atoms with Crippen molar-refractivity contribution in [3.63, 3.8) is 0 Å². The third kappa shape index (κ3) is 8.26. The van der Waals surface area contributed by atoms with Crippen LogP contribution in [0.2, 0.25) is 0 Å². The Hall–Kier alpha value is -0.0800. The Balaban J connectivity index is 3.41. The first-order valence-electron chi connectivity index (χ1n) is 5.66. The molecular formula is C11H25NO. The first-order valence-corrected chi connectivity index (χ1v) is 5.66. The molecule has 0 heterocycles. The fourth-order valence-corrected chi connectivity index (χ4v) is 1.31. The third-order valence-corrected chi connectivity index (χ3v) is 1.99. The highest BCUT2D eigenvalue weighted by atomic mass is 16.5. The summed E-state index contributed by atoms with van der Waals surface area (Å²) in [7, 11) is 0. The first kappa shape index (κ1) is 12.9. The summed E-state index contributed by atoms with van der Waals surface area (Å²) < 4.78 is 5.53. The molecule has 0 rings (SSSR count). The minimum Gasteiger partial charge on any atom is -0.380 e. The maximum absolute atomic E-state index is 5.53. The number of hydrogen-bond donors (Lipinski definition) is 1. The lowest BCUT2D eigenvalue weighted by molar-refractivity contribution is 0.109. The molecule has 0 fully saturated rings. The molecule has 0 aliphatic carbocycles. The molecule has 0 radical (unpaired) electrons. The molecule has 1 N–H and O–H groups in total. The largest absolute Gasteiger partial charge is 0.380 e. The van der Waals surface area contributed by atoms with Gasteiger partial charge in [0.25, 0.3) is 0 Å². The van der Waals surface area contributed by atoms with E-state index in [1.54, 1.807) is 0 Å². The normalized spacial score (nSPS) is 13.2. The van der Waals surface area contributed by atoms with Crippen molar-refractivity contribution in [3.8, 4) is 0 Å². The predicted octanol–water partition coefficient (Wildman–Crippen LogP) is 2.58. The second-order valence-electron chi connectivity index (χ2n) is 3.51. The molecule has 0 bridgehead atoms. The van der Waals surface area contributed by atoms with Gasteiger partial charge in [-0.3, -0.25) is 0 Å².